The molecule has 5 nitrogen and oxygen atoms in total. The van der Waals surface area contributed by atoms with Crippen LogP contribution in [0.3, 0.4) is 0 Å². The second-order valence-electron chi connectivity index (χ2n) is 5.50. The maximum atomic E-state index is 12.0. The molecule has 1 saturated heterocycles. The molecule has 0 bridgehead atoms. The molecular weight excluding hydrogens is 254 g/mol. The van der Waals surface area contributed by atoms with Gasteiger partial charge < -0.3 is 10.4 Å². The molecule has 5 heteroatoms. The maximum Gasteiger partial charge on any atom is 0.238 e. The normalized spacial score (nSPS) is 17.4. The standard InChI is InChI=1S/C15H23N3O2/c1-12(2)18-9-7-17(8-10-18)11-15(20)16-13-3-5-14(19)6-4-13/h3-6,12,19H,7-11H2,1-2H3,(H,16,20). The summed E-state index contributed by atoms with van der Waals surface area (Å²) in [6.07, 6.45) is 0. The number of hydrogen-bond donors (Lipinski definition) is 2. The lowest BCUT2D eigenvalue weighted by molar-refractivity contribution is -0.117. The number of piperazine rings is 1. The fourth-order valence-electron chi connectivity index (χ4n) is 2.39. The number of nitrogens with zero attached hydrogens (tertiary/aromatic N) is 2. The van der Waals surface area contributed by atoms with Crippen LogP contribution in [-0.4, -0.2) is 59.6 Å². The van der Waals surface area contributed by atoms with Gasteiger partial charge in [-0.3, -0.25) is 14.6 Å². The van der Waals surface area contributed by atoms with E-state index in [0.29, 0.717) is 18.3 Å². The molecule has 20 heavy (non-hydrogen) atoms. The number of hydrogen-bond acceptors (Lipinski definition) is 4. The van der Waals surface area contributed by atoms with Crippen molar-refractivity contribution in [3.8, 4) is 5.75 Å². The van der Waals surface area contributed by atoms with Crippen molar-refractivity contribution in [2.45, 2.75) is 19.9 Å². The number of phenolic OH excluding ortho intramolecular Hbond substituents is 1. The molecule has 0 saturated carbocycles. The molecule has 0 unspecified atom stereocenters. The van der Waals surface area contributed by atoms with Gasteiger partial charge in [0.1, 0.15) is 5.75 Å². The zero-order valence-electron chi connectivity index (χ0n) is 12.2. The Kier molecular flexibility index (Phi) is 4.98. The Labute approximate surface area is 120 Å². The zero-order valence-corrected chi connectivity index (χ0v) is 12.2. The predicted octanol–water partition coefficient (Wildman–Crippen LogP) is 1.36. The average Bonchev–Trinajstić information content (AvgIpc) is 2.42. The Bertz CT molecular complexity index is 437. The Balaban J connectivity index is 1.77. The van der Waals surface area contributed by atoms with Crippen molar-refractivity contribution in [2.75, 3.05) is 38.0 Å². The molecule has 0 radical (unpaired) electrons. The summed E-state index contributed by atoms with van der Waals surface area (Å²) in [5.74, 6) is 0.196. The van der Waals surface area contributed by atoms with Crippen LogP contribution in [0, 0.1) is 0 Å². The summed E-state index contributed by atoms with van der Waals surface area (Å²) in [7, 11) is 0. The van der Waals surface area contributed by atoms with E-state index < -0.39 is 0 Å². The molecule has 1 aliphatic heterocycles. The fourth-order valence-corrected chi connectivity index (χ4v) is 2.39. The highest BCUT2D eigenvalue weighted by Gasteiger charge is 2.20. The monoisotopic (exact) mass is 277 g/mol. The lowest BCUT2D eigenvalue weighted by Gasteiger charge is -2.36. The van der Waals surface area contributed by atoms with Gasteiger partial charge in [-0.1, -0.05) is 0 Å². The largest absolute Gasteiger partial charge is 0.508 e. The second-order valence-corrected chi connectivity index (χ2v) is 5.50. The van der Waals surface area contributed by atoms with Gasteiger partial charge in [0.15, 0.2) is 0 Å². The highest BCUT2D eigenvalue weighted by Crippen LogP contribution is 2.13. The summed E-state index contributed by atoms with van der Waals surface area (Å²) in [5.41, 5.74) is 0.716. The molecule has 2 N–H and O–H groups in total. The summed E-state index contributed by atoms with van der Waals surface area (Å²) in [4.78, 5) is 16.6. The van der Waals surface area contributed by atoms with Crippen LogP contribution in [0.15, 0.2) is 24.3 Å². The van der Waals surface area contributed by atoms with Gasteiger partial charge in [0.25, 0.3) is 0 Å². The van der Waals surface area contributed by atoms with Gasteiger partial charge in [-0.25, -0.2) is 0 Å². The van der Waals surface area contributed by atoms with E-state index in [1.807, 2.05) is 0 Å². The van der Waals surface area contributed by atoms with Crippen LogP contribution < -0.4 is 5.32 Å². The van der Waals surface area contributed by atoms with E-state index in [2.05, 4.69) is 29.0 Å². The Morgan fingerprint density at radius 1 is 1.20 bits per heavy atom. The number of amides is 1. The first-order chi connectivity index (χ1) is 9.54. The van der Waals surface area contributed by atoms with Gasteiger partial charge in [0, 0.05) is 37.9 Å². The molecule has 0 spiro atoms. The molecule has 1 heterocycles. The average molecular weight is 277 g/mol. The van der Waals surface area contributed by atoms with Crippen LogP contribution in [0.4, 0.5) is 5.69 Å². The van der Waals surface area contributed by atoms with Crippen LogP contribution in [-0.2, 0) is 4.79 Å². The SMILES string of the molecule is CC(C)N1CCN(CC(=O)Nc2ccc(O)cc2)CC1. The summed E-state index contributed by atoms with van der Waals surface area (Å²) >= 11 is 0. The second kappa shape index (κ2) is 6.72. The van der Waals surface area contributed by atoms with Gasteiger partial charge in [-0.05, 0) is 38.1 Å². The summed E-state index contributed by atoms with van der Waals surface area (Å²) < 4.78 is 0. The van der Waals surface area contributed by atoms with Crippen molar-refractivity contribution in [3.63, 3.8) is 0 Å². The van der Waals surface area contributed by atoms with Crippen LogP contribution >= 0.6 is 0 Å². The number of carbonyl (C=O) groups excluding carboxylic acids is 1. The molecule has 1 aromatic carbocycles. The quantitative estimate of drug-likeness (QED) is 0.816. The van der Waals surface area contributed by atoms with Crippen molar-refractivity contribution >= 4 is 11.6 Å². The van der Waals surface area contributed by atoms with E-state index in [4.69, 9.17) is 0 Å². The van der Waals surface area contributed by atoms with Crippen LogP contribution in [0.1, 0.15) is 13.8 Å². The topological polar surface area (TPSA) is 55.8 Å². The number of anilines is 1. The van der Waals surface area contributed by atoms with E-state index >= 15 is 0 Å². The zero-order chi connectivity index (χ0) is 14.5. The van der Waals surface area contributed by atoms with Gasteiger partial charge in [0.2, 0.25) is 5.91 Å². The minimum atomic E-state index is -0.00585. The molecule has 1 fully saturated rings. The molecule has 2 rings (SSSR count). The Morgan fingerprint density at radius 2 is 1.80 bits per heavy atom. The molecule has 1 aliphatic rings. The smallest absolute Gasteiger partial charge is 0.238 e. The first kappa shape index (κ1) is 14.8. The predicted molar refractivity (Wildman–Crippen MR) is 79.9 cm³/mol. The lowest BCUT2D eigenvalue weighted by atomic mass is 10.2. The molecule has 110 valence electrons. The van der Waals surface area contributed by atoms with E-state index in [9.17, 15) is 9.90 Å². The number of aromatic hydroxyl groups is 1. The lowest BCUT2D eigenvalue weighted by Crippen LogP contribution is -2.50. The minimum Gasteiger partial charge on any atom is -0.508 e. The van der Waals surface area contributed by atoms with Gasteiger partial charge in [0.05, 0.1) is 6.54 Å². The first-order valence-corrected chi connectivity index (χ1v) is 7.10. The van der Waals surface area contributed by atoms with Crippen LogP contribution in [0.25, 0.3) is 0 Å². The molecule has 1 amide bonds. The van der Waals surface area contributed by atoms with Crippen molar-refractivity contribution in [1.29, 1.82) is 0 Å². The van der Waals surface area contributed by atoms with Crippen LogP contribution in [0.2, 0.25) is 0 Å². The van der Waals surface area contributed by atoms with Gasteiger partial charge in [-0.2, -0.15) is 0 Å². The third kappa shape index (κ3) is 4.21. The van der Waals surface area contributed by atoms with Crippen molar-refractivity contribution in [2.24, 2.45) is 0 Å². The van der Waals surface area contributed by atoms with Crippen molar-refractivity contribution in [3.05, 3.63) is 24.3 Å². The molecular formula is C15H23N3O2. The Morgan fingerprint density at radius 3 is 2.35 bits per heavy atom. The number of phenols is 1. The maximum absolute atomic E-state index is 12.0. The third-order valence-electron chi connectivity index (χ3n) is 3.66. The molecule has 1 aromatic rings. The molecule has 0 atom stereocenters. The number of rotatable bonds is 4. The highest BCUT2D eigenvalue weighted by atomic mass is 16.3. The van der Waals surface area contributed by atoms with Crippen molar-refractivity contribution < 1.29 is 9.90 Å². The van der Waals surface area contributed by atoms with Gasteiger partial charge >= 0.3 is 0 Å². The number of carbonyl (C=O) groups is 1. The third-order valence-corrected chi connectivity index (χ3v) is 3.66. The summed E-state index contributed by atoms with van der Waals surface area (Å²) in [6.45, 7) is 8.73. The Hall–Kier alpha value is -1.59. The minimum absolute atomic E-state index is 0.00585. The first-order valence-electron chi connectivity index (χ1n) is 7.10. The number of benzene rings is 1. The summed E-state index contributed by atoms with van der Waals surface area (Å²) in [5, 5.41) is 12.0. The molecule has 0 aromatic heterocycles. The summed E-state index contributed by atoms with van der Waals surface area (Å²) in [6, 6.07) is 7.10. The van der Waals surface area contributed by atoms with E-state index in [-0.39, 0.29) is 11.7 Å². The molecule has 0 aliphatic carbocycles. The number of nitrogens with one attached hydrogen (secondary N) is 1. The van der Waals surface area contributed by atoms with Gasteiger partial charge in [-0.15, -0.1) is 0 Å². The fraction of sp³-hybridized carbons (Fsp3) is 0.533. The van der Waals surface area contributed by atoms with Crippen molar-refractivity contribution in [1.82, 2.24) is 9.80 Å². The van der Waals surface area contributed by atoms with E-state index in [1.165, 1.54) is 0 Å². The highest BCUT2D eigenvalue weighted by molar-refractivity contribution is 5.92. The van der Waals surface area contributed by atoms with Crippen LogP contribution in [0.5, 0.6) is 5.75 Å². The van der Waals surface area contributed by atoms with E-state index in [1.54, 1.807) is 24.3 Å². The van der Waals surface area contributed by atoms with E-state index in [0.717, 1.165) is 26.2 Å².